The third-order valence-corrected chi connectivity index (χ3v) is 4.36. The van der Waals surface area contributed by atoms with Gasteiger partial charge >= 0.3 is 11.8 Å². The number of anilines is 1. The molecule has 1 aromatic carbocycles. The molecule has 1 fully saturated rings. The first-order valence-corrected chi connectivity index (χ1v) is 8.63. The molecule has 0 bridgehead atoms. The van der Waals surface area contributed by atoms with Crippen molar-refractivity contribution in [2.45, 2.75) is 0 Å². The van der Waals surface area contributed by atoms with Crippen molar-refractivity contribution < 1.29 is 23.5 Å². The van der Waals surface area contributed by atoms with E-state index in [4.69, 9.17) is 9.47 Å². The SMILES string of the molecule is COCCN(CCOC)C(=O)C(=O)N1CCN(c2ccc(F)cc2)CC1. The fraction of sp³-hybridized carbons (Fsp3) is 0.556. The predicted octanol–water partition coefficient (Wildman–Crippen LogP) is 0.596. The standard InChI is InChI=1S/C18H26FN3O4/c1-25-13-11-22(12-14-26-2)18(24)17(23)21-9-7-20(8-10-21)16-5-3-15(19)4-6-16/h3-6H,7-14H2,1-2H3. The number of nitrogens with zero attached hydrogens (tertiary/aromatic N) is 3. The molecule has 0 radical (unpaired) electrons. The van der Waals surface area contributed by atoms with Crippen LogP contribution in [0.1, 0.15) is 0 Å². The first-order valence-electron chi connectivity index (χ1n) is 8.63. The van der Waals surface area contributed by atoms with E-state index in [1.54, 1.807) is 31.3 Å². The monoisotopic (exact) mass is 367 g/mol. The Hall–Kier alpha value is -2.19. The van der Waals surface area contributed by atoms with Gasteiger partial charge in [0.2, 0.25) is 0 Å². The number of amides is 2. The maximum Gasteiger partial charge on any atom is 0.312 e. The molecule has 2 amide bonds. The number of carbonyl (C=O) groups is 2. The molecule has 0 saturated carbocycles. The second-order valence-corrected chi connectivity index (χ2v) is 6.03. The largest absolute Gasteiger partial charge is 0.383 e. The lowest BCUT2D eigenvalue weighted by Crippen LogP contribution is -2.54. The molecule has 7 nitrogen and oxygen atoms in total. The van der Waals surface area contributed by atoms with Crippen LogP contribution in [-0.4, -0.2) is 88.3 Å². The normalized spacial score (nSPS) is 14.4. The molecule has 1 aromatic rings. The summed E-state index contributed by atoms with van der Waals surface area (Å²) in [7, 11) is 3.10. The molecule has 1 aliphatic heterocycles. The molecule has 2 rings (SSSR count). The number of halogens is 1. The Morgan fingerprint density at radius 3 is 2.04 bits per heavy atom. The van der Waals surface area contributed by atoms with Gasteiger partial charge in [0.15, 0.2) is 0 Å². The van der Waals surface area contributed by atoms with Gasteiger partial charge in [0.1, 0.15) is 5.82 Å². The number of carbonyl (C=O) groups excluding carboxylic acids is 2. The van der Waals surface area contributed by atoms with Crippen molar-refractivity contribution in [2.75, 3.05) is 71.6 Å². The van der Waals surface area contributed by atoms with E-state index in [-0.39, 0.29) is 5.82 Å². The van der Waals surface area contributed by atoms with Gasteiger partial charge < -0.3 is 24.2 Å². The fourth-order valence-corrected chi connectivity index (χ4v) is 2.81. The number of hydrogen-bond donors (Lipinski definition) is 0. The third-order valence-electron chi connectivity index (χ3n) is 4.36. The van der Waals surface area contributed by atoms with Crippen molar-refractivity contribution in [1.82, 2.24) is 9.80 Å². The van der Waals surface area contributed by atoms with Crippen LogP contribution in [0.5, 0.6) is 0 Å². The highest BCUT2D eigenvalue weighted by Crippen LogP contribution is 2.17. The first kappa shape index (κ1) is 20.1. The highest BCUT2D eigenvalue weighted by atomic mass is 19.1. The summed E-state index contributed by atoms with van der Waals surface area (Å²) in [5.41, 5.74) is 0.909. The van der Waals surface area contributed by atoms with Gasteiger partial charge in [-0.15, -0.1) is 0 Å². The molecule has 144 valence electrons. The minimum absolute atomic E-state index is 0.277. The molecule has 0 atom stereocenters. The number of piperazine rings is 1. The Bertz CT molecular complexity index is 581. The zero-order chi connectivity index (χ0) is 18.9. The summed E-state index contributed by atoms with van der Waals surface area (Å²) in [5.74, 6) is -1.31. The first-order chi connectivity index (χ1) is 12.6. The zero-order valence-electron chi connectivity index (χ0n) is 15.3. The maximum atomic E-state index is 13.0. The van der Waals surface area contributed by atoms with E-state index in [1.807, 2.05) is 0 Å². The van der Waals surface area contributed by atoms with E-state index in [1.165, 1.54) is 17.0 Å². The van der Waals surface area contributed by atoms with Gasteiger partial charge in [-0.3, -0.25) is 9.59 Å². The van der Waals surface area contributed by atoms with Crippen LogP contribution in [0.4, 0.5) is 10.1 Å². The van der Waals surface area contributed by atoms with Gasteiger partial charge in [0, 0.05) is 59.2 Å². The summed E-state index contributed by atoms with van der Waals surface area (Å²) in [6, 6.07) is 6.27. The Morgan fingerprint density at radius 1 is 1.00 bits per heavy atom. The summed E-state index contributed by atoms with van der Waals surface area (Å²) in [6.45, 7) is 3.51. The second-order valence-electron chi connectivity index (χ2n) is 6.03. The summed E-state index contributed by atoms with van der Waals surface area (Å²) in [5, 5.41) is 0. The molecule has 1 aliphatic rings. The van der Waals surface area contributed by atoms with Crippen molar-refractivity contribution in [3.8, 4) is 0 Å². The quantitative estimate of drug-likeness (QED) is 0.661. The number of benzene rings is 1. The molecule has 26 heavy (non-hydrogen) atoms. The molecule has 8 heteroatoms. The lowest BCUT2D eigenvalue weighted by atomic mass is 10.2. The van der Waals surface area contributed by atoms with Crippen LogP contribution in [0, 0.1) is 5.82 Å². The van der Waals surface area contributed by atoms with Crippen LogP contribution in [0.3, 0.4) is 0 Å². The molecular weight excluding hydrogens is 341 g/mol. The van der Waals surface area contributed by atoms with Gasteiger partial charge in [0.25, 0.3) is 0 Å². The van der Waals surface area contributed by atoms with Gasteiger partial charge in [-0.2, -0.15) is 0 Å². The van der Waals surface area contributed by atoms with Crippen LogP contribution in [-0.2, 0) is 19.1 Å². The summed E-state index contributed by atoms with van der Waals surface area (Å²) < 4.78 is 23.0. The Labute approximate surface area is 153 Å². The van der Waals surface area contributed by atoms with Crippen molar-refractivity contribution in [1.29, 1.82) is 0 Å². The van der Waals surface area contributed by atoms with Crippen LogP contribution in [0.15, 0.2) is 24.3 Å². The maximum absolute atomic E-state index is 13.0. The van der Waals surface area contributed by atoms with E-state index < -0.39 is 11.8 Å². The molecular formula is C18H26FN3O4. The Morgan fingerprint density at radius 2 is 1.54 bits per heavy atom. The second kappa shape index (κ2) is 10.1. The van der Waals surface area contributed by atoms with Gasteiger partial charge in [0.05, 0.1) is 13.2 Å². The average molecular weight is 367 g/mol. The summed E-state index contributed by atoms with van der Waals surface area (Å²) in [4.78, 5) is 30.1. The topological polar surface area (TPSA) is 62.3 Å². The smallest absolute Gasteiger partial charge is 0.312 e. The average Bonchev–Trinajstić information content (AvgIpc) is 2.68. The van der Waals surface area contributed by atoms with E-state index in [0.29, 0.717) is 52.5 Å². The van der Waals surface area contributed by atoms with E-state index in [9.17, 15) is 14.0 Å². The van der Waals surface area contributed by atoms with E-state index in [0.717, 1.165) is 5.69 Å². The van der Waals surface area contributed by atoms with Crippen LogP contribution < -0.4 is 4.90 Å². The van der Waals surface area contributed by atoms with Gasteiger partial charge in [-0.05, 0) is 24.3 Å². The molecule has 0 N–H and O–H groups in total. The minimum Gasteiger partial charge on any atom is -0.383 e. The number of hydrogen-bond acceptors (Lipinski definition) is 5. The number of ether oxygens (including phenoxy) is 2. The highest BCUT2D eigenvalue weighted by molar-refractivity contribution is 6.34. The molecule has 0 unspecified atom stereocenters. The van der Waals surface area contributed by atoms with Crippen molar-refractivity contribution in [3.63, 3.8) is 0 Å². The Kier molecular flexibility index (Phi) is 7.80. The van der Waals surface area contributed by atoms with E-state index in [2.05, 4.69) is 4.90 Å². The molecule has 1 saturated heterocycles. The van der Waals surface area contributed by atoms with Crippen molar-refractivity contribution in [2.24, 2.45) is 0 Å². The van der Waals surface area contributed by atoms with Crippen LogP contribution >= 0.6 is 0 Å². The number of rotatable bonds is 7. The third kappa shape index (κ3) is 5.40. The minimum atomic E-state index is -0.533. The predicted molar refractivity (Wildman–Crippen MR) is 95.5 cm³/mol. The Balaban J connectivity index is 1.90. The lowest BCUT2D eigenvalue weighted by Gasteiger charge is -2.36. The zero-order valence-corrected chi connectivity index (χ0v) is 15.3. The van der Waals surface area contributed by atoms with Gasteiger partial charge in [-0.25, -0.2) is 4.39 Å². The number of methoxy groups -OCH3 is 2. The fourth-order valence-electron chi connectivity index (χ4n) is 2.81. The summed E-state index contributed by atoms with van der Waals surface area (Å²) in [6.07, 6.45) is 0. The van der Waals surface area contributed by atoms with Crippen molar-refractivity contribution in [3.05, 3.63) is 30.1 Å². The highest BCUT2D eigenvalue weighted by Gasteiger charge is 2.29. The molecule has 0 aromatic heterocycles. The van der Waals surface area contributed by atoms with Crippen LogP contribution in [0.25, 0.3) is 0 Å². The van der Waals surface area contributed by atoms with Crippen molar-refractivity contribution >= 4 is 17.5 Å². The van der Waals surface area contributed by atoms with E-state index >= 15 is 0 Å². The molecule has 1 heterocycles. The van der Waals surface area contributed by atoms with Crippen LogP contribution in [0.2, 0.25) is 0 Å². The molecule has 0 aliphatic carbocycles. The molecule has 0 spiro atoms. The lowest BCUT2D eigenvalue weighted by molar-refractivity contribution is -0.152. The summed E-state index contributed by atoms with van der Waals surface area (Å²) >= 11 is 0. The van der Waals surface area contributed by atoms with Gasteiger partial charge in [-0.1, -0.05) is 0 Å².